The van der Waals surface area contributed by atoms with Gasteiger partial charge in [-0.25, -0.2) is 4.39 Å². The molecule has 150 valence electrons. The molecule has 1 fully saturated rings. The van der Waals surface area contributed by atoms with Crippen molar-refractivity contribution < 1.29 is 14.1 Å². The van der Waals surface area contributed by atoms with Gasteiger partial charge in [-0.3, -0.25) is 4.79 Å². The van der Waals surface area contributed by atoms with Gasteiger partial charge in [0.05, 0.1) is 6.54 Å². The van der Waals surface area contributed by atoms with Crippen LogP contribution in [0.1, 0.15) is 35.9 Å². The molecule has 5 heteroatoms. The summed E-state index contributed by atoms with van der Waals surface area (Å²) in [6.07, 6.45) is 0. The lowest BCUT2D eigenvalue weighted by atomic mass is 10.1. The van der Waals surface area contributed by atoms with Crippen LogP contribution in [0.15, 0.2) is 48.5 Å². The second-order valence-electron chi connectivity index (χ2n) is 8.05. The highest BCUT2D eigenvalue weighted by molar-refractivity contribution is 7.99. The fraction of sp³-hybridized carbons (Fsp3) is 0.435. The average Bonchev–Trinajstić information content (AvgIpc) is 3.13. The number of benzene rings is 2. The van der Waals surface area contributed by atoms with Crippen LogP contribution in [0.3, 0.4) is 0 Å². The van der Waals surface area contributed by atoms with Gasteiger partial charge in [-0.05, 0) is 24.6 Å². The Balaban J connectivity index is 1.69. The van der Waals surface area contributed by atoms with Crippen molar-refractivity contribution in [1.29, 1.82) is 0 Å². The van der Waals surface area contributed by atoms with Crippen molar-refractivity contribution in [1.82, 2.24) is 4.90 Å². The Bertz CT molecular complexity index is 776. The number of rotatable bonds is 7. The van der Waals surface area contributed by atoms with E-state index in [1.807, 2.05) is 4.90 Å². The van der Waals surface area contributed by atoms with Crippen molar-refractivity contribution >= 4 is 17.7 Å². The number of amides is 1. The van der Waals surface area contributed by atoms with Gasteiger partial charge in [-0.1, -0.05) is 55.8 Å². The van der Waals surface area contributed by atoms with Crippen molar-refractivity contribution in [2.75, 3.05) is 25.4 Å². The first-order valence-corrected chi connectivity index (χ1v) is 11.0. The van der Waals surface area contributed by atoms with Crippen LogP contribution in [0.4, 0.5) is 4.39 Å². The summed E-state index contributed by atoms with van der Waals surface area (Å²) in [5, 5.41) is -0.00669. The summed E-state index contributed by atoms with van der Waals surface area (Å²) < 4.78 is 13.3. The van der Waals surface area contributed by atoms with Gasteiger partial charge in [0.15, 0.2) is 6.54 Å². The number of carbonyl (C=O) groups excluding carboxylic acids is 1. The zero-order chi connectivity index (χ0) is 20.1. The van der Waals surface area contributed by atoms with Crippen molar-refractivity contribution in [2.45, 2.75) is 32.7 Å². The highest BCUT2D eigenvalue weighted by Crippen LogP contribution is 2.37. The summed E-state index contributed by atoms with van der Waals surface area (Å²) in [7, 11) is 0. The molecule has 2 aromatic rings. The Hall–Kier alpha value is -1.85. The molecule has 0 saturated carbocycles. The molecule has 1 heterocycles. The van der Waals surface area contributed by atoms with Crippen LogP contribution in [0.25, 0.3) is 0 Å². The second-order valence-corrected chi connectivity index (χ2v) is 9.24. The van der Waals surface area contributed by atoms with Crippen LogP contribution in [0.2, 0.25) is 0 Å². The number of quaternary nitrogens is 1. The van der Waals surface area contributed by atoms with E-state index in [2.05, 4.69) is 45.0 Å². The van der Waals surface area contributed by atoms with Crippen molar-refractivity contribution in [3.8, 4) is 0 Å². The first-order valence-electron chi connectivity index (χ1n) is 9.98. The van der Waals surface area contributed by atoms with Gasteiger partial charge in [-0.15, -0.1) is 11.8 Å². The van der Waals surface area contributed by atoms with E-state index in [1.54, 1.807) is 23.9 Å². The van der Waals surface area contributed by atoms with E-state index in [1.165, 1.54) is 28.2 Å². The van der Waals surface area contributed by atoms with Crippen LogP contribution in [0.5, 0.6) is 0 Å². The maximum atomic E-state index is 13.3. The zero-order valence-electron chi connectivity index (χ0n) is 17.0. The highest BCUT2D eigenvalue weighted by Gasteiger charge is 2.32. The Labute approximate surface area is 171 Å². The molecule has 1 aliphatic rings. The minimum atomic E-state index is -0.240. The largest absolute Gasteiger partial charge is 0.323 e. The van der Waals surface area contributed by atoms with Crippen molar-refractivity contribution in [2.24, 2.45) is 5.92 Å². The van der Waals surface area contributed by atoms with E-state index >= 15 is 0 Å². The van der Waals surface area contributed by atoms with Crippen LogP contribution >= 0.6 is 11.8 Å². The maximum Gasteiger partial charge on any atom is 0.278 e. The molecule has 1 saturated heterocycles. The second kappa shape index (κ2) is 9.57. The van der Waals surface area contributed by atoms with Crippen molar-refractivity contribution in [3.63, 3.8) is 0 Å². The molecule has 3 rings (SSSR count). The van der Waals surface area contributed by atoms with E-state index in [4.69, 9.17) is 0 Å². The lowest BCUT2D eigenvalue weighted by Gasteiger charge is -2.27. The molecule has 2 aromatic carbocycles. The molecule has 1 aliphatic heterocycles. The number of nitrogens with one attached hydrogen (secondary N) is 1. The Morgan fingerprint density at radius 3 is 2.50 bits per heavy atom. The molecule has 0 aliphatic carbocycles. The smallest absolute Gasteiger partial charge is 0.278 e. The van der Waals surface area contributed by atoms with Gasteiger partial charge < -0.3 is 9.80 Å². The predicted molar refractivity (Wildman–Crippen MR) is 114 cm³/mol. The van der Waals surface area contributed by atoms with E-state index in [0.29, 0.717) is 12.5 Å². The van der Waals surface area contributed by atoms with Crippen LogP contribution in [-0.2, 0) is 11.3 Å². The number of nitrogens with zero attached hydrogens (tertiary/aromatic N) is 1. The normalized spacial score (nSPS) is 17.9. The number of halogens is 1. The SMILES string of the molecule is Cc1ccc(C[NH+](CC(=O)N2CCS[C@@H]2c2ccc(F)cc2)CC(C)C)cc1. The van der Waals surface area contributed by atoms with Crippen LogP contribution < -0.4 is 4.90 Å². The third-order valence-electron chi connectivity index (χ3n) is 5.04. The molecular weight excluding hydrogens is 371 g/mol. The van der Waals surface area contributed by atoms with Gasteiger partial charge in [0, 0.05) is 23.8 Å². The molecular formula is C23H30FN2OS+. The molecule has 0 bridgehead atoms. The van der Waals surface area contributed by atoms with Crippen molar-refractivity contribution in [3.05, 3.63) is 71.0 Å². The highest BCUT2D eigenvalue weighted by atomic mass is 32.2. The lowest BCUT2D eigenvalue weighted by Crippen LogP contribution is -3.12. The number of carbonyl (C=O) groups is 1. The van der Waals surface area contributed by atoms with Crippen LogP contribution in [-0.4, -0.2) is 36.2 Å². The van der Waals surface area contributed by atoms with Crippen LogP contribution in [0, 0.1) is 18.7 Å². The molecule has 0 radical (unpaired) electrons. The minimum absolute atomic E-state index is 0.00669. The lowest BCUT2D eigenvalue weighted by molar-refractivity contribution is -0.909. The zero-order valence-corrected chi connectivity index (χ0v) is 17.8. The molecule has 0 spiro atoms. The molecule has 28 heavy (non-hydrogen) atoms. The third-order valence-corrected chi connectivity index (χ3v) is 6.30. The molecule has 2 atom stereocenters. The molecule has 0 aromatic heterocycles. The third kappa shape index (κ3) is 5.58. The summed E-state index contributed by atoms with van der Waals surface area (Å²) >= 11 is 1.76. The molecule has 3 nitrogen and oxygen atoms in total. The van der Waals surface area contributed by atoms with Gasteiger partial charge in [0.1, 0.15) is 17.7 Å². The number of thioether (sulfide) groups is 1. The average molecular weight is 402 g/mol. The quantitative estimate of drug-likeness (QED) is 0.769. The van der Waals surface area contributed by atoms with Gasteiger partial charge in [-0.2, -0.15) is 0 Å². The number of aryl methyl sites for hydroxylation is 1. The first-order chi connectivity index (χ1) is 13.4. The topological polar surface area (TPSA) is 24.8 Å². The Morgan fingerprint density at radius 2 is 1.86 bits per heavy atom. The maximum absolute atomic E-state index is 13.3. The van der Waals surface area contributed by atoms with Gasteiger partial charge in [0.25, 0.3) is 5.91 Å². The molecule has 1 unspecified atom stereocenters. The monoisotopic (exact) mass is 401 g/mol. The predicted octanol–water partition coefficient (Wildman–Crippen LogP) is 3.45. The fourth-order valence-corrected chi connectivity index (χ4v) is 5.00. The summed E-state index contributed by atoms with van der Waals surface area (Å²) in [5.74, 6) is 1.39. The van der Waals surface area contributed by atoms with E-state index in [9.17, 15) is 9.18 Å². The summed E-state index contributed by atoms with van der Waals surface area (Å²) in [6.45, 7) is 9.55. The van der Waals surface area contributed by atoms with Gasteiger partial charge >= 0.3 is 0 Å². The fourth-order valence-electron chi connectivity index (χ4n) is 3.72. The number of hydrogen-bond donors (Lipinski definition) is 1. The van der Waals surface area contributed by atoms with Gasteiger partial charge in [0.2, 0.25) is 0 Å². The standard InChI is InChI=1S/C23H29FN2OS/c1-17(2)14-25(15-19-6-4-18(3)5-7-19)16-22(27)26-12-13-28-23(26)20-8-10-21(24)11-9-20/h4-11,17,23H,12-16H2,1-3H3/p+1/t23-/m1/s1. The van der Waals surface area contributed by atoms with E-state index < -0.39 is 0 Å². The Morgan fingerprint density at radius 1 is 1.18 bits per heavy atom. The first kappa shape index (κ1) is 20.9. The molecule has 1 N–H and O–H groups in total. The summed E-state index contributed by atoms with van der Waals surface area (Å²) in [5.41, 5.74) is 3.52. The minimum Gasteiger partial charge on any atom is -0.323 e. The van der Waals surface area contributed by atoms with E-state index in [-0.39, 0.29) is 17.1 Å². The number of hydrogen-bond acceptors (Lipinski definition) is 2. The molecule has 1 amide bonds. The van der Waals surface area contributed by atoms with E-state index in [0.717, 1.165) is 31.0 Å². The summed E-state index contributed by atoms with van der Waals surface area (Å²) in [6, 6.07) is 15.1. The summed E-state index contributed by atoms with van der Waals surface area (Å²) in [4.78, 5) is 16.4. The Kier molecular flexibility index (Phi) is 7.13.